The molecule has 0 radical (unpaired) electrons. The maximum absolute atomic E-state index is 14.0. The number of fused-ring (bicyclic) bond motifs is 2. The number of nitrogens with one attached hydrogen (secondary N) is 4. The summed E-state index contributed by atoms with van der Waals surface area (Å²) in [5.41, 5.74) is 0.577. The van der Waals surface area contributed by atoms with Gasteiger partial charge in [0.25, 0.3) is 11.6 Å². The number of aromatic nitrogens is 2. The van der Waals surface area contributed by atoms with Gasteiger partial charge < -0.3 is 35.6 Å². The van der Waals surface area contributed by atoms with Crippen molar-refractivity contribution in [3.05, 3.63) is 59.4 Å². The molecule has 0 saturated carbocycles. The number of esters is 1. The SMILES string of the molecule is CC(=O)Nc1ccc(F)c2c(C(=O)C(=O)O)c[nH]c12.CCOC(=O)C(=O)c1c[nH]c2c(NC(C)=O)ccc(F)c12.CO. The highest BCUT2D eigenvalue weighted by Gasteiger charge is 2.25. The van der Waals surface area contributed by atoms with E-state index in [0.29, 0.717) is 5.69 Å². The first kappa shape index (κ1) is 32.8. The lowest BCUT2D eigenvalue weighted by atomic mass is 10.1. The van der Waals surface area contributed by atoms with E-state index in [9.17, 15) is 37.5 Å². The average Bonchev–Trinajstić information content (AvgIpc) is 3.59. The third kappa shape index (κ3) is 7.19. The topological polar surface area (TPSA) is 208 Å². The van der Waals surface area contributed by atoms with Gasteiger partial charge in [-0.1, -0.05) is 0 Å². The summed E-state index contributed by atoms with van der Waals surface area (Å²) < 4.78 is 32.3. The first-order valence-electron chi connectivity index (χ1n) is 11.9. The first-order chi connectivity index (χ1) is 19.9. The number of carboxylic acid groups (broad SMARTS) is 1. The number of rotatable bonds is 7. The van der Waals surface area contributed by atoms with E-state index in [2.05, 4.69) is 25.3 Å². The van der Waals surface area contributed by atoms with Crippen molar-refractivity contribution in [2.75, 3.05) is 24.4 Å². The molecule has 0 atom stereocenters. The number of benzene rings is 2. The number of carbonyl (C=O) groups excluding carboxylic acids is 5. The van der Waals surface area contributed by atoms with Crippen molar-refractivity contribution < 1.29 is 52.5 Å². The third-order valence-electron chi connectivity index (χ3n) is 5.34. The molecule has 0 aliphatic carbocycles. The number of ketones is 2. The van der Waals surface area contributed by atoms with Gasteiger partial charge in [0.05, 0.1) is 40.1 Å². The van der Waals surface area contributed by atoms with Gasteiger partial charge in [-0.25, -0.2) is 18.4 Å². The Bertz CT molecular complexity index is 1690. The van der Waals surface area contributed by atoms with Crippen LogP contribution < -0.4 is 10.6 Å². The van der Waals surface area contributed by atoms with E-state index in [1.807, 2.05) is 0 Å². The predicted octanol–water partition coefficient (Wildman–Crippen LogP) is 3.15. The number of amides is 2. The molecule has 0 saturated heterocycles. The molecule has 4 aromatic rings. The fraction of sp³-hybridized carbons (Fsp3) is 0.185. The summed E-state index contributed by atoms with van der Waals surface area (Å²) in [5, 5.41) is 20.4. The van der Waals surface area contributed by atoms with E-state index in [1.54, 1.807) is 6.92 Å². The van der Waals surface area contributed by atoms with Crippen LogP contribution in [0, 0.1) is 11.6 Å². The first-order valence-corrected chi connectivity index (χ1v) is 11.9. The molecule has 2 heterocycles. The second kappa shape index (κ2) is 14.3. The average molecular weight is 589 g/mol. The number of H-pyrrole nitrogens is 2. The summed E-state index contributed by atoms with van der Waals surface area (Å²) >= 11 is 0. The Morgan fingerprint density at radius 2 is 1.17 bits per heavy atom. The van der Waals surface area contributed by atoms with Gasteiger partial charge in [-0.2, -0.15) is 0 Å². The standard InChI is InChI=1S/C14H13FN2O4.C12H9FN2O4.CH4O/c1-3-21-14(20)13(19)8-6-16-12-10(17-7(2)18)5-4-9(15)11(8)12;1-5(16)15-8-3-2-7(13)9-6(4-14-10(8)9)11(17)12(18)19;1-2/h4-6,16H,3H2,1-2H3,(H,17,18);2-4,14H,1H3,(H,15,16)(H,18,19);2H,1H3. The lowest BCUT2D eigenvalue weighted by molar-refractivity contribution is -0.137. The van der Waals surface area contributed by atoms with Crippen molar-refractivity contribution in [2.24, 2.45) is 0 Å². The van der Waals surface area contributed by atoms with Crippen LogP contribution in [0.3, 0.4) is 0 Å². The van der Waals surface area contributed by atoms with Crippen LogP contribution in [0.4, 0.5) is 20.2 Å². The van der Waals surface area contributed by atoms with Gasteiger partial charge >= 0.3 is 11.9 Å². The fourth-order valence-electron chi connectivity index (χ4n) is 3.78. The van der Waals surface area contributed by atoms with E-state index in [1.165, 1.54) is 32.2 Å². The summed E-state index contributed by atoms with van der Waals surface area (Å²) in [6, 6.07) is 4.86. The number of Topliss-reactive ketones (excluding diaryl/α,β-unsaturated/α-hetero) is 2. The van der Waals surface area contributed by atoms with E-state index in [4.69, 9.17) is 10.2 Å². The Morgan fingerprint density at radius 3 is 1.52 bits per heavy atom. The Balaban J connectivity index is 0.000000278. The van der Waals surface area contributed by atoms with Gasteiger partial charge in [0.1, 0.15) is 11.6 Å². The van der Waals surface area contributed by atoms with Crippen LogP contribution in [-0.4, -0.2) is 69.2 Å². The largest absolute Gasteiger partial charge is 0.475 e. The molecule has 0 unspecified atom stereocenters. The maximum atomic E-state index is 14.0. The number of halogens is 2. The van der Waals surface area contributed by atoms with Crippen LogP contribution in [0.1, 0.15) is 41.5 Å². The Morgan fingerprint density at radius 1 is 0.762 bits per heavy atom. The molecule has 2 aromatic heterocycles. The number of aliphatic hydroxyl groups excluding tert-OH is 1. The number of hydrogen-bond acceptors (Lipinski definition) is 8. The molecule has 2 aromatic carbocycles. The quantitative estimate of drug-likeness (QED) is 0.106. The lowest BCUT2D eigenvalue weighted by Crippen LogP contribution is -2.17. The fourth-order valence-corrected chi connectivity index (χ4v) is 3.78. The van der Waals surface area contributed by atoms with Gasteiger partial charge in [-0.3, -0.25) is 19.2 Å². The molecule has 42 heavy (non-hydrogen) atoms. The molecule has 6 N–H and O–H groups in total. The minimum atomic E-state index is -1.68. The van der Waals surface area contributed by atoms with E-state index in [-0.39, 0.29) is 57.0 Å². The number of aliphatic carboxylic acids is 1. The number of ether oxygens (including phenoxy) is 1. The molecule has 15 heteroatoms. The number of carboxylic acids is 1. The third-order valence-corrected chi connectivity index (χ3v) is 5.34. The zero-order valence-corrected chi connectivity index (χ0v) is 22.7. The van der Waals surface area contributed by atoms with Crippen LogP contribution in [-0.2, 0) is 23.9 Å². The molecule has 0 spiro atoms. The zero-order valence-electron chi connectivity index (χ0n) is 22.7. The summed E-state index contributed by atoms with van der Waals surface area (Å²) in [7, 11) is 1.00. The van der Waals surface area contributed by atoms with Crippen molar-refractivity contribution in [2.45, 2.75) is 20.8 Å². The summed E-state index contributed by atoms with van der Waals surface area (Å²) in [4.78, 5) is 72.9. The highest BCUT2D eigenvalue weighted by atomic mass is 19.1. The molecule has 2 amide bonds. The van der Waals surface area contributed by atoms with Gasteiger partial charge in [-0.15, -0.1) is 0 Å². The number of hydrogen-bond donors (Lipinski definition) is 6. The van der Waals surface area contributed by atoms with E-state index in [0.717, 1.165) is 25.4 Å². The van der Waals surface area contributed by atoms with Gasteiger partial charge in [0.15, 0.2) is 0 Å². The van der Waals surface area contributed by atoms with Crippen LogP contribution in [0.15, 0.2) is 36.7 Å². The van der Waals surface area contributed by atoms with Crippen molar-refractivity contribution in [1.29, 1.82) is 0 Å². The lowest BCUT2D eigenvalue weighted by Gasteiger charge is -2.05. The Kier molecular flexibility index (Phi) is 11.1. The monoisotopic (exact) mass is 588 g/mol. The number of aliphatic hydroxyl groups is 1. The smallest absolute Gasteiger partial charge is 0.379 e. The van der Waals surface area contributed by atoms with Crippen molar-refractivity contribution in [1.82, 2.24) is 9.97 Å². The van der Waals surface area contributed by atoms with Crippen LogP contribution in [0.25, 0.3) is 21.8 Å². The van der Waals surface area contributed by atoms with Crippen molar-refractivity contribution >= 4 is 68.5 Å². The van der Waals surface area contributed by atoms with Crippen molar-refractivity contribution in [3.63, 3.8) is 0 Å². The number of anilines is 2. The summed E-state index contributed by atoms with van der Waals surface area (Å²) in [6.45, 7) is 4.20. The Hall–Kier alpha value is -5.44. The number of carbonyl (C=O) groups is 6. The number of aromatic amines is 2. The molecular formula is C27H26F2N4O9. The molecule has 0 fully saturated rings. The Labute approximate surface area is 235 Å². The molecule has 0 bridgehead atoms. The second-order valence-electron chi connectivity index (χ2n) is 8.14. The van der Waals surface area contributed by atoms with Gasteiger partial charge in [0, 0.05) is 44.1 Å². The van der Waals surface area contributed by atoms with Gasteiger partial charge in [0.2, 0.25) is 11.8 Å². The summed E-state index contributed by atoms with van der Waals surface area (Å²) in [6.07, 6.45) is 2.33. The highest BCUT2D eigenvalue weighted by Crippen LogP contribution is 2.30. The maximum Gasteiger partial charge on any atom is 0.379 e. The molecule has 0 aliphatic rings. The summed E-state index contributed by atoms with van der Waals surface area (Å²) in [5.74, 6) is -7.01. The molecule has 13 nitrogen and oxygen atoms in total. The van der Waals surface area contributed by atoms with E-state index < -0.39 is 35.1 Å². The minimum absolute atomic E-state index is 0.0482. The normalized spacial score (nSPS) is 10.1. The van der Waals surface area contributed by atoms with Crippen LogP contribution in [0.5, 0.6) is 0 Å². The molecule has 222 valence electrons. The van der Waals surface area contributed by atoms with Crippen LogP contribution in [0.2, 0.25) is 0 Å². The minimum Gasteiger partial charge on any atom is -0.475 e. The van der Waals surface area contributed by atoms with Crippen LogP contribution >= 0.6 is 0 Å². The molecular weight excluding hydrogens is 562 g/mol. The van der Waals surface area contributed by atoms with Crippen molar-refractivity contribution in [3.8, 4) is 0 Å². The molecule has 0 aliphatic heterocycles. The highest BCUT2D eigenvalue weighted by molar-refractivity contribution is 6.43. The predicted molar refractivity (Wildman–Crippen MR) is 146 cm³/mol. The van der Waals surface area contributed by atoms with Gasteiger partial charge in [-0.05, 0) is 31.2 Å². The zero-order chi connectivity index (χ0) is 31.7. The van der Waals surface area contributed by atoms with E-state index >= 15 is 0 Å². The second-order valence-corrected chi connectivity index (χ2v) is 8.14. The molecule has 4 rings (SSSR count).